The van der Waals surface area contributed by atoms with Gasteiger partial charge in [-0.1, -0.05) is 0 Å². The van der Waals surface area contributed by atoms with Crippen LogP contribution in [0.1, 0.15) is 0 Å². The largest absolute Gasteiger partial charge is 0.351 e. The van der Waals surface area contributed by atoms with Gasteiger partial charge in [0.1, 0.15) is 11.8 Å². The number of fused-ring (bicyclic) bond motifs is 1. The molecule has 0 spiro atoms. The van der Waals surface area contributed by atoms with Gasteiger partial charge in [0.2, 0.25) is 5.95 Å². The lowest BCUT2D eigenvalue weighted by atomic mass is 10.2. The van der Waals surface area contributed by atoms with E-state index in [2.05, 4.69) is 34.7 Å². The van der Waals surface area contributed by atoms with Crippen molar-refractivity contribution in [2.45, 2.75) is 0 Å². The highest BCUT2D eigenvalue weighted by Crippen LogP contribution is 2.24. The molecule has 1 fully saturated rings. The first-order chi connectivity index (χ1) is 13.8. The summed E-state index contributed by atoms with van der Waals surface area (Å²) in [6, 6.07) is 5.83. The van der Waals surface area contributed by atoms with Crippen LogP contribution < -0.4 is 9.80 Å². The summed E-state index contributed by atoms with van der Waals surface area (Å²) in [5.74, 6) is 1.67. The van der Waals surface area contributed by atoms with Gasteiger partial charge in [0.25, 0.3) is 0 Å². The molecule has 0 N–H and O–H groups in total. The van der Waals surface area contributed by atoms with Gasteiger partial charge in [-0.05, 0) is 18.2 Å². The molecule has 0 amide bonds. The molecule has 0 aromatic carbocycles. The van der Waals surface area contributed by atoms with E-state index in [9.17, 15) is 0 Å². The first-order valence-electron chi connectivity index (χ1n) is 9.15. The minimum absolute atomic E-state index is 0.724. The molecule has 0 saturated carbocycles. The quantitative estimate of drug-likeness (QED) is 0.534. The fourth-order valence-corrected chi connectivity index (χ4v) is 3.49. The fourth-order valence-electron chi connectivity index (χ4n) is 3.49. The smallest absolute Gasteiger partial charge is 0.225 e. The third-order valence-electron chi connectivity index (χ3n) is 4.95. The molecule has 28 heavy (non-hydrogen) atoms. The molecule has 4 aromatic rings. The second kappa shape index (κ2) is 6.84. The van der Waals surface area contributed by atoms with Crippen molar-refractivity contribution in [3.63, 3.8) is 0 Å². The summed E-state index contributed by atoms with van der Waals surface area (Å²) in [7, 11) is 1.97. The molecule has 0 unspecified atom stereocenters. The van der Waals surface area contributed by atoms with Gasteiger partial charge in [-0.2, -0.15) is 0 Å². The Bertz CT molecular complexity index is 1100. The highest BCUT2D eigenvalue weighted by atomic mass is 15.3. The number of imidazole rings is 1. The zero-order chi connectivity index (χ0) is 18.9. The Morgan fingerprint density at radius 1 is 0.893 bits per heavy atom. The molecule has 4 aromatic heterocycles. The first-order valence-corrected chi connectivity index (χ1v) is 9.15. The molecule has 1 aliphatic heterocycles. The van der Waals surface area contributed by atoms with Crippen LogP contribution in [-0.4, -0.2) is 60.6 Å². The van der Waals surface area contributed by atoms with Crippen LogP contribution in [0.25, 0.3) is 22.4 Å². The Morgan fingerprint density at radius 3 is 2.57 bits per heavy atom. The topological polar surface area (TPSA) is 88.8 Å². The Morgan fingerprint density at radius 2 is 1.75 bits per heavy atom. The molecule has 5 rings (SSSR count). The average Bonchev–Trinajstić information content (AvgIpc) is 3.16. The first kappa shape index (κ1) is 16.5. The summed E-state index contributed by atoms with van der Waals surface area (Å²) >= 11 is 0. The summed E-state index contributed by atoms with van der Waals surface area (Å²) < 4.78 is 1.97. The maximum atomic E-state index is 4.74. The molecule has 9 nitrogen and oxygen atoms in total. The standard InChI is InChI=1S/C19H19N9/c1-26-13-24-17-16(26)18(23-12-22-17)27-7-9-28(10-8-27)19-21-6-4-15(25-19)14-3-2-5-20-11-14/h2-6,11-13H,7-10H2,1H3. The van der Waals surface area contributed by atoms with Crippen molar-refractivity contribution in [2.24, 2.45) is 7.05 Å². The van der Waals surface area contributed by atoms with Crippen LogP contribution in [0.15, 0.2) is 49.4 Å². The van der Waals surface area contributed by atoms with Crippen molar-refractivity contribution in [3.05, 3.63) is 49.4 Å². The molecular weight excluding hydrogens is 354 g/mol. The van der Waals surface area contributed by atoms with Crippen molar-refractivity contribution in [3.8, 4) is 11.3 Å². The lowest BCUT2D eigenvalue weighted by Gasteiger charge is -2.35. The number of anilines is 2. The number of hydrogen-bond donors (Lipinski definition) is 0. The van der Waals surface area contributed by atoms with Gasteiger partial charge < -0.3 is 14.4 Å². The number of piperazine rings is 1. The van der Waals surface area contributed by atoms with E-state index in [0.717, 1.165) is 60.4 Å². The normalized spacial score (nSPS) is 14.6. The summed E-state index contributed by atoms with van der Waals surface area (Å²) in [5.41, 5.74) is 3.56. The van der Waals surface area contributed by atoms with Gasteiger partial charge in [-0.3, -0.25) is 4.98 Å². The molecule has 0 aliphatic carbocycles. The maximum Gasteiger partial charge on any atom is 0.225 e. The highest BCUT2D eigenvalue weighted by Gasteiger charge is 2.23. The second-order valence-electron chi connectivity index (χ2n) is 6.68. The van der Waals surface area contributed by atoms with Crippen LogP contribution in [0.2, 0.25) is 0 Å². The predicted octanol–water partition coefficient (Wildman–Crippen LogP) is 1.54. The van der Waals surface area contributed by atoms with E-state index >= 15 is 0 Å². The molecule has 140 valence electrons. The SMILES string of the molecule is Cn1cnc2ncnc(N3CCN(c4nccc(-c5cccnc5)n4)CC3)c21. The van der Waals surface area contributed by atoms with Gasteiger partial charge in [0.15, 0.2) is 11.5 Å². The van der Waals surface area contributed by atoms with Crippen molar-refractivity contribution >= 4 is 22.9 Å². The molecule has 0 bridgehead atoms. The van der Waals surface area contributed by atoms with E-state index in [1.54, 1.807) is 25.0 Å². The lowest BCUT2D eigenvalue weighted by molar-refractivity contribution is 0.635. The van der Waals surface area contributed by atoms with Crippen LogP contribution in [0.4, 0.5) is 11.8 Å². The number of rotatable bonds is 3. The molecule has 9 heteroatoms. The Kier molecular flexibility index (Phi) is 4.04. The minimum atomic E-state index is 0.724. The number of pyridine rings is 1. The van der Waals surface area contributed by atoms with E-state index < -0.39 is 0 Å². The molecule has 0 radical (unpaired) electrons. The van der Waals surface area contributed by atoms with Gasteiger partial charge in [-0.25, -0.2) is 24.9 Å². The molecule has 1 aliphatic rings. The van der Waals surface area contributed by atoms with Crippen molar-refractivity contribution in [1.29, 1.82) is 0 Å². The van der Waals surface area contributed by atoms with Gasteiger partial charge in [0, 0.05) is 57.4 Å². The van der Waals surface area contributed by atoms with Gasteiger partial charge >= 0.3 is 0 Å². The van der Waals surface area contributed by atoms with Crippen molar-refractivity contribution in [2.75, 3.05) is 36.0 Å². The Hall–Kier alpha value is -3.62. The van der Waals surface area contributed by atoms with Crippen LogP contribution in [-0.2, 0) is 7.05 Å². The van der Waals surface area contributed by atoms with Gasteiger partial charge in [-0.15, -0.1) is 0 Å². The minimum Gasteiger partial charge on any atom is -0.351 e. The van der Waals surface area contributed by atoms with E-state index in [1.165, 1.54) is 0 Å². The van der Waals surface area contributed by atoms with Crippen molar-refractivity contribution < 1.29 is 0 Å². The van der Waals surface area contributed by atoms with Crippen LogP contribution in [0, 0.1) is 0 Å². The Labute approximate surface area is 161 Å². The molecule has 1 saturated heterocycles. The number of nitrogens with zero attached hydrogens (tertiary/aromatic N) is 9. The summed E-state index contributed by atoms with van der Waals surface area (Å²) in [5, 5.41) is 0. The zero-order valence-electron chi connectivity index (χ0n) is 15.5. The monoisotopic (exact) mass is 373 g/mol. The van der Waals surface area contributed by atoms with Crippen LogP contribution >= 0.6 is 0 Å². The maximum absolute atomic E-state index is 4.74. The third kappa shape index (κ3) is 2.90. The Balaban J connectivity index is 1.36. The fraction of sp³-hybridized carbons (Fsp3) is 0.263. The number of aryl methyl sites for hydroxylation is 1. The van der Waals surface area contributed by atoms with Crippen LogP contribution in [0.5, 0.6) is 0 Å². The molecular formula is C19H19N9. The average molecular weight is 373 g/mol. The van der Waals surface area contributed by atoms with E-state index in [0.29, 0.717) is 0 Å². The predicted molar refractivity (Wildman–Crippen MR) is 106 cm³/mol. The molecule has 0 atom stereocenters. The number of hydrogen-bond acceptors (Lipinski definition) is 8. The zero-order valence-corrected chi connectivity index (χ0v) is 15.5. The summed E-state index contributed by atoms with van der Waals surface area (Å²) in [6.45, 7) is 3.30. The summed E-state index contributed by atoms with van der Waals surface area (Å²) in [6.07, 6.45) is 8.74. The van der Waals surface area contributed by atoms with E-state index in [1.807, 2.05) is 36.0 Å². The molecule has 5 heterocycles. The van der Waals surface area contributed by atoms with E-state index in [4.69, 9.17) is 4.98 Å². The van der Waals surface area contributed by atoms with Crippen LogP contribution in [0.3, 0.4) is 0 Å². The number of aromatic nitrogens is 7. The highest BCUT2D eigenvalue weighted by molar-refractivity contribution is 5.83. The second-order valence-corrected chi connectivity index (χ2v) is 6.68. The third-order valence-corrected chi connectivity index (χ3v) is 4.95. The van der Waals surface area contributed by atoms with E-state index in [-0.39, 0.29) is 0 Å². The summed E-state index contributed by atoms with van der Waals surface area (Å²) in [4.78, 5) is 31.0. The van der Waals surface area contributed by atoms with Crippen molar-refractivity contribution in [1.82, 2.24) is 34.5 Å². The van der Waals surface area contributed by atoms with Gasteiger partial charge in [0.05, 0.1) is 12.0 Å². The lowest BCUT2D eigenvalue weighted by Crippen LogP contribution is -2.47.